The summed E-state index contributed by atoms with van der Waals surface area (Å²) in [5.41, 5.74) is 1.41. The molecular formula is C21H23BrN2O3. The number of nitrogens with zero attached hydrogens (tertiary/aromatic N) is 1. The molecule has 0 heterocycles. The van der Waals surface area contributed by atoms with Crippen LogP contribution in [0.1, 0.15) is 31.9 Å². The summed E-state index contributed by atoms with van der Waals surface area (Å²) in [5, 5.41) is 12.0. The van der Waals surface area contributed by atoms with E-state index in [1.165, 1.54) is 0 Å². The molecule has 0 spiro atoms. The van der Waals surface area contributed by atoms with Gasteiger partial charge in [-0.2, -0.15) is 5.26 Å². The third kappa shape index (κ3) is 5.73. The van der Waals surface area contributed by atoms with E-state index in [1.807, 2.05) is 37.3 Å². The number of benzene rings is 2. The Morgan fingerprint density at radius 3 is 2.56 bits per heavy atom. The number of carbonyl (C=O) groups is 1. The van der Waals surface area contributed by atoms with Crippen molar-refractivity contribution in [1.82, 2.24) is 5.32 Å². The standard InChI is InChI=1S/C21H23BrN2O3/c1-4-26-18-11-15(12-23)10-17(22)20(18)27-13-19(25)24-14-21(2,3)16-8-6-5-7-9-16/h5-11H,4,13-14H2,1-3H3,(H,24,25). The summed E-state index contributed by atoms with van der Waals surface area (Å²) in [6.45, 7) is 6.77. The highest BCUT2D eigenvalue weighted by Gasteiger charge is 2.21. The lowest BCUT2D eigenvalue weighted by molar-refractivity contribution is -0.123. The molecule has 1 N–H and O–H groups in total. The summed E-state index contributed by atoms with van der Waals surface area (Å²) in [7, 11) is 0. The van der Waals surface area contributed by atoms with Crippen molar-refractivity contribution in [3.05, 3.63) is 58.1 Å². The average molecular weight is 431 g/mol. The van der Waals surface area contributed by atoms with Gasteiger partial charge in [-0.05, 0) is 34.5 Å². The minimum Gasteiger partial charge on any atom is -0.490 e. The van der Waals surface area contributed by atoms with Crippen LogP contribution in [0.5, 0.6) is 11.5 Å². The van der Waals surface area contributed by atoms with Gasteiger partial charge in [0.15, 0.2) is 18.1 Å². The van der Waals surface area contributed by atoms with E-state index in [4.69, 9.17) is 14.7 Å². The van der Waals surface area contributed by atoms with Crippen LogP contribution in [0.15, 0.2) is 46.9 Å². The molecule has 2 rings (SSSR count). The van der Waals surface area contributed by atoms with Gasteiger partial charge in [0.2, 0.25) is 0 Å². The van der Waals surface area contributed by atoms with Crippen molar-refractivity contribution >= 4 is 21.8 Å². The van der Waals surface area contributed by atoms with Crippen LogP contribution in [0.4, 0.5) is 0 Å². The monoisotopic (exact) mass is 430 g/mol. The molecule has 1 amide bonds. The van der Waals surface area contributed by atoms with Gasteiger partial charge >= 0.3 is 0 Å². The second kappa shape index (κ2) is 9.43. The third-order valence-corrected chi connectivity index (χ3v) is 4.66. The van der Waals surface area contributed by atoms with Crippen LogP contribution in [-0.4, -0.2) is 25.7 Å². The first kappa shape index (κ1) is 20.8. The van der Waals surface area contributed by atoms with Crippen LogP contribution in [-0.2, 0) is 10.2 Å². The van der Waals surface area contributed by atoms with E-state index >= 15 is 0 Å². The Kier molecular flexibility index (Phi) is 7.26. The van der Waals surface area contributed by atoms with Gasteiger partial charge in [-0.15, -0.1) is 0 Å². The summed E-state index contributed by atoms with van der Waals surface area (Å²) >= 11 is 3.37. The lowest BCUT2D eigenvalue weighted by Crippen LogP contribution is -2.38. The zero-order valence-electron chi connectivity index (χ0n) is 15.7. The van der Waals surface area contributed by atoms with Crippen molar-refractivity contribution in [2.45, 2.75) is 26.2 Å². The Bertz CT molecular complexity index is 829. The maximum atomic E-state index is 12.3. The van der Waals surface area contributed by atoms with Gasteiger partial charge in [0.25, 0.3) is 5.91 Å². The molecule has 0 saturated carbocycles. The number of amides is 1. The molecule has 2 aromatic rings. The van der Waals surface area contributed by atoms with E-state index in [2.05, 4.69) is 41.2 Å². The summed E-state index contributed by atoms with van der Waals surface area (Å²) in [6.07, 6.45) is 0. The number of carbonyl (C=O) groups excluding carboxylic acids is 1. The molecule has 6 heteroatoms. The van der Waals surface area contributed by atoms with Gasteiger partial charge < -0.3 is 14.8 Å². The molecule has 0 saturated heterocycles. The lowest BCUT2D eigenvalue weighted by Gasteiger charge is -2.25. The Balaban J connectivity index is 1.99. The molecule has 0 atom stereocenters. The van der Waals surface area contributed by atoms with Gasteiger partial charge in [0, 0.05) is 18.0 Å². The van der Waals surface area contributed by atoms with Crippen molar-refractivity contribution < 1.29 is 14.3 Å². The maximum Gasteiger partial charge on any atom is 0.257 e. The molecule has 0 unspecified atom stereocenters. The van der Waals surface area contributed by atoms with Crippen molar-refractivity contribution in [3.8, 4) is 17.6 Å². The molecule has 142 valence electrons. The third-order valence-electron chi connectivity index (χ3n) is 4.07. The van der Waals surface area contributed by atoms with Gasteiger partial charge in [-0.3, -0.25) is 4.79 Å². The van der Waals surface area contributed by atoms with E-state index in [1.54, 1.807) is 12.1 Å². The number of nitrogens with one attached hydrogen (secondary N) is 1. The number of rotatable bonds is 8. The number of hydrogen-bond donors (Lipinski definition) is 1. The van der Waals surface area contributed by atoms with E-state index in [0.717, 1.165) is 5.56 Å². The first-order valence-electron chi connectivity index (χ1n) is 8.69. The molecule has 0 radical (unpaired) electrons. The molecule has 0 aliphatic rings. The summed E-state index contributed by atoms with van der Waals surface area (Å²) in [5.74, 6) is 0.617. The summed E-state index contributed by atoms with van der Waals surface area (Å²) in [6, 6.07) is 15.3. The van der Waals surface area contributed by atoms with Crippen molar-refractivity contribution in [2.24, 2.45) is 0 Å². The van der Waals surface area contributed by atoms with Gasteiger partial charge in [-0.25, -0.2) is 0 Å². The Labute approximate surface area is 168 Å². The molecule has 0 aliphatic heterocycles. The first-order valence-corrected chi connectivity index (χ1v) is 9.48. The Morgan fingerprint density at radius 1 is 1.22 bits per heavy atom. The highest BCUT2D eigenvalue weighted by Crippen LogP contribution is 2.36. The van der Waals surface area contributed by atoms with Crippen LogP contribution in [0, 0.1) is 11.3 Å². The summed E-state index contributed by atoms with van der Waals surface area (Å²) in [4.78, 5) is 12.3. The fourth-order valence-electron chi connectivity index (χ4n) is 2.54. The fraction of sp³-hybridized carbons (Fsp3) is 0.333. The van der Waals surface area contributed by atoms with Gasteiger partial charge in [-0.1, -0.05) is 44.2 Å². The maximum absolute atomic E-state index is 12.3. The van der Waals surface area contributed by atoms with Crippen molar-refractivity contribution in [1.29, 1.82) is 5.26 Å². The van der Waals surface area contributed by atoms with Crippen LogP contribution >= 0.6 is 15.9 Å². The van der Waals surface area contributed by atoms with Crippen molar-refractivity contribution in [3.63, 3.8) is 0 Å². The van der Waals surface area contributed by atoms with E-state index in [-0.39, 0.29) is 17.9 Å². The number of hydrogen-bond acceptors (Lipinski definition) is 4. The number of nitriles is 1. The van der Waals surface area contributed by atoms with E-state index in [9.17, 15) is 4.79 Å². The molecule has 5 nitrogen and oxygen atoms in total. The zero-order chi connectivity index (χ0) is 19.9. The predicted octanol–water partition coefficient (Wildman–Crippen LogP) is 4.19. The summed E-state index contributed by atoms with van der Waals surface area (Å²) < 4.78 is 11.8. The lowest BCUT2D eigenvalue weighted by atomic mass is 9.84. The normalized spacial score (nSPS) is 10.8. The van der Waals surface area contributed by atoms with Crippen LogP contribution < -0.4 is 14.8 Å². The van der Waals surface area contributed by atoms with Crippen LogP contribution in [0.25, 0.3) is 0 Å². The van der Waals surface area contributed by atoms with Crippen LogP contribution in [0.3, 0.4) is 0 Å². The van der Waals surface area contributed by atoms with Crippen LogP contribution in [0.2, 0.25) is 0 Å². The fourth-order valence-corrected chi connectivity index (χ4v) is 3.09. The average Bonchev–Trinajstić information content (AvgIpc) is 2.66. The van der Waals surface area contributed by atoms with Gasteiger partial charge in [0.05, 0.1) is 22.7 Å². The number of halogens is 1. The van der Waals surface area contributed by atoms with Gasteiger partial charge in [0.1, 0.15) is 0 Å². The highest BCUT2D eigenvalue weighted by molar-refractivity contribution is 9.10. The quantitative estimate of drug-likeness (QED) is 0.681. The molecule has 2 aromatic carbocycles. The molecule has 27 heavy (non-hydrogen) atoms. The Hall–Kier alpha value is -2.52. The number of ether oxygens (including phenoxy) is 2. The zero-order valence-corrected chi connectivity index (χ0v) is 17.3. The second-order valence-electron chi connectivity index (χ2n) is 6.65. The minimum atomic E-state index is -0.224. The molecule has 0 bridgehead atoms. The van der Waals surface area contributed by atoms with E-state index in [0.29, 0.717) is 34.7 Å². The molecule has 0 aromatic heterocycles. The highest BCUT2D eigenvalue weighted by atomic mass is 79.9. The second-order valence-corrected chi connectivity index (χ2v) is 7.50. The smallest absolute Gasteiger partial charge is 0.257 e. The Morgan fingerprint density at radius 2 is 1.93 bits per heavy atom. The molecule has 0 aliphatic carbocycles. The largest absolute Gasteiger partial charge is 0.490 e. The first-order chi connectivity index (χ1) is 12.9. The predicted molar refractivity (Wildman–Crippen MR) is 108 cm³/mol. The molecule has 0 fully saturated rings. The molecular weight excluding hydrogens is 408 g/mol. The minimum absolute atomic E-state index is 0.143. The van der Waals surface area contributed by atoms with E-state index < -0.39 is 0 Å². The SMILES string of the molecule is CCOc1cc(C#N)cc(Br)c1OCC(=O)NCC(C)(C)c1ccccc1. The van der Waals surface area contributed by atoms with Crippen molar-refractivity contribution in [2.75, 3.05) is 19.8 Å². The topological polar surface area (TPSA) is 71.3 Å².